The molecular weight excluding hydrogens is 294 g/mol. The van der Waals surface area contributed by atoms with E-state index < -0.39 is 0 Å². The number of hydrogen-bond donors (Lipinski definition) is 1. The first-order chi connectivity index (χ1) is 9.65. The molecule has 20 heavy (non-hydrogen) atoms. The summed E-state index contributed by atoms with van der Waals surface area (Å²) in [5.41, 5.74) is 7.16. The molecule has 3 rings (SSSR count). The van der Waals surface area contributed by atoms with Crippen LogP contribution in [0.4, 0.5) is 0 Å². The fourth-order valence-electron chi connectivity index (χ4n) is 2.26. The summed E-state index contributed by atoms with van der Waals surface area (Å²) < 4.78 is 0. The quantitative estimate of drug-likeness (QED) is 0.928. The molecule has 6 heteroatoms. The van der Waals surface area contributed by atoms with Crippen LogP contribution in [0.2, 0.25) is 5.02 Å². The summed E-state index contributed by atoms with van der Waals surface area (Å²) in [6.07, 6.45) is 0.854. The fourth-order valence-corrected chi connectivity index (χ4v) is 3.38. The maximum atomic E-state index is 12.3. The topological polar surface area (TPSA) is 59.2 Å². The molecule has 0 aliphatic carbocycles. The van der Waals surface area contributed by atoms with Crippen LogP contribution >= 0.6 is 22.9 Å². The minimum atomic E-state index is -0.0486. The second kappa shape index (κ2) is 5.52. The number of hydrogen-bond acceptors (Lipinski definition) is 4. The van der Waals surface area contributed by atoms with Gasteiger partial charge in [-0.25, -0.2) is 4.98 Å². The minimum Gasteiger partial charge on any atom is -0.336 e. The van der Waals surface area contributed by atoms with Crippen LogP contribution in [-0.2, 0) is 0 Å². The summed E-state index contributed by atoms with van der Waals surface area (Å²) in [7, 11) is 0. The minimum absolute atomic E-state index is 0.0486. The molecule has 1 fully saturated rings. The van der Waals surface area contributed by atoms with Crippen LogP contribution in [0.3, 0.4) is 0 Å². The number of likely N-dealkylation sites (tertiary alicyclic amines) is 1. The van der Waals surface area contributed by atoms with Crippen molar-refractivity contribution < 1.29 is 4.79 Å². The molecule has 1 aromatic heterocycles. The number of carbonyl (C=O) groups excluding carboxylic acids is 1. The first kappa shape index (κ1) is 13.5. The molecule has 1 atom stereocenters. The Kier molecular flexibility index (Phi) is 3.74. The van der Waals surface area contributed by atoms with E-state index in [2.05, 4.69) is 4.98 Å². The highest BCUT2D eigenvalue weighted by Gasteiger charge is 2.26. The summed E-state index contributed by atoms with van der Waals surface area (Å²) in [4.78, 5) is 18.5. The molecule has 2 heterocycles. The molecule has 0 saturated carbocycles. The molecule has 104 valence electrons. The van der Waals surface area contributed by atoms with Gasteiger partial charge in [-0.3, -0.25) is 4.79 Å². The highest BCUT2D eigenvalue weighted by atomic mass is 35.5. The van der Waals surface area contributed by atoms with E-state index in [1.54, 1.807) is 10.3 Å². The lowest BCUT2D eigenvalue weighted by Crippen LogP contribution is -2.32. The Labute approximate surface area is 126 Å². The molecule has 4 nitrogen and oxygen atoms in total. The fraction of sp³-hybridized carbons (Fsp3) is 0.286. The van der Waals surface area contributed by atoms with Gasteiger partial charge in [0, 0.05) is 30.1 Å². The van der Waals surface area contributed by atoms with E-state index in [1.165, 1.54) is 11.3 Å². The van der Waals surface area contributed by atoms with Crippen molar-refractivity contribution >= 4 is 28.8 Å². The number of nitrogens with two attached hydrogens (primary N) is 1. The number of nitrogens with zero attached hydrogens (tertiary/aromatic N) is 2. The molecule has 1 aliphatic rings. The van der Waals surface area contributed by atoms with Crippen LogP contribution in [-0.4, -0.2) is 34.9 Å². The van der Waals surface area contributed by atoms with Crippen molar-refractivity contribution in [1.29, 1.82) is 0 Å². The standard InChI is InChI=1S/C14H14ClN3OS/c15-11-4-2-1-3-10(11)13-17-12(8-20-13)14(19)18-6-5-9(16)7-18/h1-4,8-9H,5-7,16H2/t9-/m1/s1. The molecule has 0 bridgehead atoms. The lowest BCUT2D eigenvalue weighted by Gasteiger charge is -2.13. The van der Waals surface area contributed by atoms with E-state index in [0.717, 1.165) is 17.0 Å². The van der Waals surface area contributed by atoms with Gasteiger partial charge in [0.15, 0.2) is 0 Å². The molecule has 0 unspecified atom stereocenters. The van der Waals surface area contributed by atoms with Gasteiger partial charge in [-0.05, 0) is 12.5 Å². The van der Waals surface area contributed by atoms with Crippen molar-refractivity contribution in [2.75, 3.05) is 13.1 Å². The van der Waals surface area contributed by atoms with Crippen LogP contribution in [0, 0.1) is 0 Å². The SMILES string of the molecule is N[C@@H]1CCN(C(=O)c2csc(-c3ccccc3Cl)n2)C1. The van der Waals surface area contributed by atoms with E-state index in [1.807, 2.05) is 24.3 Å². The zero-order valence-corrected chi connectivity index (χ0v) is 12.3. The van der Waals surface area contributed by atoms with Gasteiger partial charge >= 0.3 is 0 Å². The van der Waals surface area contributed by atoms with Crippen LogP contribution in [0.5, 0.6) is 0 Å². The highest BCUT2D eigenvalue weighted by molar-refractivity contribution is 7.13. The first-order valence-electron chi connectivity index (χ1n) is 6.40. The average Bonchev–Trinajstić information content (AvgIpc) is 3.07. The molecule has 2 N–H and O–H groups in total. The molecule has 2 aromatic rings. The maximum Gasteiger partial charge on any atom is 0.273 e. The van der Waals surface area contributed by atoms with E-state index >= 15 is 0 Å². The van der Waals surface area contributed by atoms with Crippen molar-refractivity contribution in [3.8, 4) is 10.6 Å². The third-order valence-corrected chi connectivity index (χ3v) is 4.54. The first-order valence-corrected chi connectivity index (χ1v) is 7.66. The van der Waals surface area contributed by atoms with Gasteiger partial charge in [0.05, 0.1) is 5.02 Å². The maximum absolute atomic E-state index is 12.3. The van der Waals surface area contributed by atoms with Gasteiger partial charge in [0.25, 0.3) is 5.91 Å². The molecule has 1 amide bonds. The normalized spacial score (nSPS) is 18.5. The van der Waals surface area contributed by atoms with Gasteiger partial charge in [0.1, 0.15) is 10.7 Å². The van der Waals surface area contributed by atoms with Gasteiger partial charge in [-0.2, -0.15) is 0 Å². The average molecular weight is 308 g/mol. The largest absolute Gasteiger partial charge is 0.336 e. The Balaban J connectivity index is 1.84. The lowest BCUT2D eigenvalue weighted by atomic mass is 10.2. The summed E-state index contributed by atoms with van der Waals surface area (Å²) in [6, 6.07) is 7.59. The predicted octanol–water partition coefficient (Wildman–Crippen LogP) is 2.64. The third kappa shape index (κ3) is 2.57. The molecule has 1 aromatic carbocycles. The molecule has 0 spiro atoms. The van der Waals surface area contributed by atoms with Gasteiger partial charge in [-0.1, -0.05) is 29.8 Å². The van der Waals surface area contributed by atoms with Crippen molar-refractivity contribution in [2.24, 2.45) is 5.73 Å². The highest BCUT2D eigenvalue weighted by Crippen LogP contribution is 2.30. The number of thiazole rings is 1. The van der Waals surface area contributed by atoms with Crippen LogP contribution in [0.1, 0.15) is 16.9 Å². The van der Waals surface area contributed by atoms with E-state index in [0.29, 0.717) is 23.8 Å². The van der Waals surface area contributed by atoms with Crippen molar-refractivity contribution in [3.63, 3.8) is 0 Å². The summed E-state index contributed by atoms with van der Waals surface area (Å²) >= 11 is 7.58. The number of aromatic nitrogens is 1. The van der Waals surface area contributed by atoms with Gasteiger partial charge < -0.3 is 10.6 Å². The number of amides is 1. The Morgan fingerprint density at radius 2 is 2.25 bits per heavy atom. The number of benzene rings is 1. The zero-order valence-electron chi connectivity index (χ0n) is 10.8. The molecular formula is C14H14ClN3OS. The van der Waals surface area contributed by atoms with Crippen LogP contribution in [0.15, 0.2) is 29.6 Å². The lowest BCUT2D eigenvalue weighted by molar-refractivity contribution is 0.0786. The summed E-state index contributed by atoms with van der Waals surface area (Å²) in [6.45, 7) is 1.32. The zero-order chi connectivity index (χ0) is 14.1. The monoisotopic (exact) mass is 307 g/mol. The van der Waals surface area contributed by atoms with E-state index in [9.17, 15) is 4.79 Å². The third-order valence-electron chi connectivity index (χ3n) is 3.34. The van der Waals surface area contributed by atoms with E-state index in [-0.39, 0.29) is 11.9 Å². The van der Waals surface area contributed by atoms with Crippen molar-refractivity contribution in [1.82, 2.24) is 9.88 Å². The molecule has 1 aliphatic heterocycles. The van der Waals surface area contributed by atoms with E-state index in [4.69, 9.17) is 17.3 Å². The molecule has 0 radical (unpaired) electrons. The van der Waals surface area contributed by atoms with Crippen molar-refractivity contribution in [2.45, 2.75) is 12.5 Å². The molecule has 1 saturated heterocycles. The Hall–Kier alpha value is -1.43. The Morgan fingerprint density at radius 1 is 1.45 bits per heavy atom. The van der Waals surface area contributed by atoms with Gasteiger partial charge in [-0.15, -0.1) is 11.3 Å². The Morgan fingerprint density at radius 3 is 2.95 bits per heavy atom. The van der Waals surface area contributed by atoms with Gasteiger partial charge in [0.2, 0.25) is 0 Å². The smallest absolute Gasteiger partial charge is 0.273 e. The second-order valence-electron chi connectivity index (χ2n) is 4.82. The second-order valence-corrected chi connectivity index (χ2v) is 6.08. The predicted molar refractivity (Wildman–Crippen MR) is 81.1 cm³/mol. The Bertz CT molecular complexity index is 643. The number of carbonyl (C=O) groups is 1. The van der Waals surface area contributed by atoms with Crippen molar-refractivity contribution in [3.05, 3.63) is 40.4 Å². The van der Waals surface area contributed by atoms with Crippen LogP contribution in [0.25, 0.3) is 10.6 Å². The number of halogens is 1. The number of rotatable bonds is 2. The summed E-state index contributed by atoms with van der Waals surface area (Å²) in [5.74, 6) is -0.0486. The van der Waals surface area contributed by atoms with Crippen LogP contribution < -0.4 is 5.73 Å². The summed E-state index contributed by atoms with van der Waals surface area (Å²) in [5, 5.41) is 3.19.